The molecule has 7 nitrogen and oxygen atoms in total. The number of nitrogens with zero attached hydrogens (tertiary/aromatic N) is 5. The van der Waals surface area contributed by atoms with Crippen molar-refractivity contribution in [1.82, 2.24) is 30.0 Å². The Morgan fingerprint density at radius 2 is 1.72 bits per heavy atom. The van der Waals surface area contributed by atoms with E-state index in [9.17, 15) is 4.79 Å². The average Bonchev–Trinajstić information content (AvgIpc) is 3.46. The molecule has 0 atom stereocenters. The van der Waals surface area contributed by atoms with Crippen LogP contribution in [0.5, 0.6) is 0 Å². The third kappa shape index (κ3) is 3.70. The van der Waals surface area contributed by atoms with Crippen LogP contribution in [-0.4, -0.2) is 30.0 Å². The minimum atomic E-state index is 0.146. The topological polar surface area (TPSA) is 81.4 Å². The molecule has 0 saturated carbocycles. The molecule has 5 rings (SSSR count). The summed E-state index contributed by atoms with van der Waals surface area (Å²) in [5.74, 6) is 0.645. The second kappa shape index (κ2) is 8.78. The number of nitrogens with one attached hydrogen (secondary N) is 1. The molecule has 1 N–H and O–H groups in total. The van der Waals surface area contributed by atoms with Crippen LogP contribution >= 0.6 is 0 Å². The number of aromatic nitrogens is 6. The Kier molecular flexibility index (Phi) is 5.54. The van der Waals surface area contributed by atoms with E-state index in [4.69, 9.17) is 0 Å². The summed E-state index contributed by atoms with van der Waals surface area (Å²) in [6.45, 7) is 3.63. The van der Waals surface area contributed by atoms with Crippen molar-refractivity contribution in [1.29, 1.82) is 0 Å². The van der Waals surface area contributed by atoms with Crippen molar-refractivity contribution in [3.63, 3.8) is 0 Å². The molecule has 162 valence electrons. The summed E-state index contributed by atoms with van der Waals surface area (Å²) < 4.78 is 4.06. The van der Waals surface area contributed by atoms with Crippen molar-refractivity contribution in [2.24, 2.45) is 0 Å². The number of unbranched alkanes of at least 4 members (excludes halogenated alkanes) is 1. The second-order valence-corrected chi connectivity index (χ2v) is 8.14. The van der Waals surface area contributed by atoms with Crippen molar-refractivity contribution >= 4 is 0 Å². The number of hydrogen-bond acceptors (Lipinski definition) is 4. The summed E-state index contributed by atoms with van der Waals surface area (Å²) in [7, 11) is 0. The zero-order valence-corrected chi connectivity index (χ0v) is 18.2. The lowest BCUT2D eigenvalue weighted by Gasteiger charge is -2.15. The van der Waals surface area contributed by atoms with Gasteiger partial charge < -0.3 is 0 Å². The van der Waals surface area contributed by atoms with E-state index < -0.39 is 0 Å². The van der Waals surface area contributed by atoms with Gasteiger partial charge in [-0.1, -0.05) is 74.0 Å². The number of hydrogen-bond donors (Lipinski definition) is 1. The second-order valence-electron chi connectivity index (χ2n) is 8.14. The van der Waals surface area contributed by atoms with Gasteiger partial charge in [-0.3, -0.25) is 9.48 Å². The van der Waals surface area contributed by atoms with Crippen LogP contribution in [0.25, 0.3) is 22.5 Å². The van der Waals surface area contributed by atoms with E-state index in [2.05, 4.69) is 74.7 Å². The fourth-order valence-electron chi connectivity index (χ4n) is 4.45. The molecule has 0 unspecified atom stereocenters. The number of rotatable bonds is 7. The third-order valence-electron chi connectivity index (χ3n) is 6.11. The number of allylic oxidation sites excluding steroid dienone is 2. The zero-order chi connectivity index (χ0) is 21.9. The Bertz CT molecular complexity index is 1300. The number of fused-ring (bicyclic) bond motifs is 1. The summed E-state index contributed by atoms with van der Waals surface area (Å²) in [6, 6.07) is 16.5. The molecule has 0 spiro atoms. The smallest absolute Gasteiger partial charge is 0.270 e. The molecule has 7 heteroatoms. The van der Waals surface area contributed by atoms with E-state index in [1.54, 1.807) is 0 Å². The largest absolute Gasteiger partial charge is 0.282 e. The molecule has 1 aliphatic heterocycles. The Balaban J connectivity index is 1.46. The lowest BCUT2D eigenvalue weighted by atomic mass is 9.96. The molecule has 1 aliphatic rings. The number of tetrazole rings is 1. The molecule has 4 aromatic rings. The predicted molar refractivity (Wildman–Crippen MR) is 124 cm³/mol. The monoisotopic (exact) mass is 426 g/mol. The first-order valence-corrected chi connectivity index (χ1v) is 11.1. The first-order valence-electron chi connectivity index (χ1n) is 11.1. The molecular formula is C25H26N6O. The molecule has 32 heavy (non-hydrogen) atoms. The fraction of sp³-hybridized carbons (Fsp3) is 0.280. The molecule has 0 bridgehead atoms. The van der Waals surface area contributed by atoms with Crippen molar-refractivity contribution in [3.05, 3.63) is 87.9 Å². The van der Waals surface area contributed by atoms with Crippen LogP contribution in [-0.2, 0) is 25.9 Å². The first-order chi connectivity index (χ1) is 15.8. The van der Waals surface area contributed by atoms with Crippen molar-refractivity contribution in [2.75, 3.05) is 0 Å². The highest BCUT2D eigenvalue weighted by Crippen LogP contribution is 2.30. The quantitative estimate of drug-likeness (QED) is 0.453. The van der Waals surface area contributed by atoms with E-state index in [1.165, 1.54) is 5.69 Å². The van der Waals surface area contributed by atoms with Crippen molar-refractivity contribution in [2.45, 2.75) is 45.7 Å². The lowest BCUT2D eigenvalue weighted by Crippen LogP contribution is -2.25. The van der Waals surface area contributed by atoms with Gasteiger partial charge in [-0.15, -0.1) is 5.10 Å². The van der Waals surface area contributed by atoms with Crippen molar-refractivity contribution < 1.29 is 0 Å². The van der Waals surface area contributed by atoms with Gasteiger partial charge in [0.1, 0.15) is 0 Å². The average molecular weight is 427 g/mol. The van der Waals surface area contributed by atoms with Gasteiger partial charge in [0.15, 0.2) is 5.82 Å². The minimum absolute atomic E-state index is 0.146. The van der Waals surface area contributed by atoms with E-state index in [0.717, 1.165) is 53.6 Å². The molecular weight excluding hydrogens is 400 g/mol. The summed E-state index contributed by atoms with van der Waals surface area (Å²) >= 11 is 0. The van der Waals surface area contributed by atoms with Crippen LogP contribution in [0, 0.1) is 0 Å². The minimum Gasteiger partial charge on any atom is -0.282 e. The normalized spacial score (nSPS) is 12.8. The molecule has 2 aromatic heterocycles. The van der Waals surface area contributed by atoms with E-state index in [-0.39, 0.29) is 5.56 Å². The summed E-state index contributed by atoms with van der Waals surface area (Å²) in [5, 5.41) is 14.3. The Morgan fingerprint density at radius 1 is 0.969 bits per heavy atom. The summed E-state index contributed by atoms with van der Waals surface area (Å²) in [6.07, 6.45) is 8.02. The van der Waals surface area contributed by atoms with Crippen LogP contribution in [0.4, 0.5) is 0 Å². The first kappa shape index (κ1) is 20.2. The van der Waals surface area contributed by atoms with E-state index in [0.29, 0.717) is 18.8 Å². The van der Waals surface area contributed by atoms with Crippen molar-refractivity contribution in [3.8, 4) is 22.5 Å². The van der Waals surface area contributed by atoms with Crippen LogP contribution in [0.1, 0.15) is 36.6 Å². The third-order valence-corrected chi connectivity index (χ3v) is 6.11. The van der Waals surface area contributed by atoms with Gasteiger partial charge in [0, 0.05) is 23.2 Å². The van der Waals surface area contributed by atoms with Crippen LogP contribution in [0.15, 0.2) is 65.5 Å². The molecule has 0 radical (unpaired) electrons. The summed E-state index contributed by atoms with van der Waals surface area (Å²) in [5.41, 5.74) is 6.51. The molecule has 3 heterocycles. The molecule has 0 amide bonds. The molecule has 2 aromatic carbocycles. The predicted octanol–water partition coefficient (Wildman–Crippen LogP) is 4.00. The highest BCUT2D eigenvalue weighted by molar-refractivity contribution is 5.80. The molecule has 0 aliphatic carbocycles. The zero-order valence-electron chi connectivity index (χ0n) is 18.2. The summed E-state index contributed by atoms with van der Waals surface area (Å²) in [4.78, 5) is 13.2. The Labute approximate surface area is 186 Å². The maximum Gasteiger partial charge on any atom is 0.270 e. The van der Waals surface area contributed by atoms with Gasteiger partial charge in [0.25, 0.3) is 5.56 Å². The standard InChI is InChI=1S/C25H26N6O/c1-2-3-10-23-22(25(32)31-16-7-6-15-30(23)31)17-18-11-13-19(14-12-18)20-8-4-5-9-21(20)24-26-28-29-27-24/h4-9,11-14H,2-3,10,15-17H2,1H3,(H,26,27,28,29). The van der Waals surface area contributed by atoms with Gasteiger partial charge in [-0.05, 0) is 40.0 Å². The number of benzene rings is 2. The SMILES string of the molecule is CCCCc1c(Cc2ccc(-c3ccccc3-c3nnn[nH]3)cc2)c(=O)n2n1CC=CC2. The fourth-order valence-corrected chi connectivity index (χ4v) is 4.45. The number of aromatic amines is 1. The van der Waals surface area contributed by atoms with E-state index in [1.807, 2.05) is 22.9 Å². The lowest BCUT2D eigenvalue weighted by molar-refractivity contribution is 0.474. The molecule has 0 saturated heterocycles. The van der Waals surface area contributed by atoms with Gasteiger partial charge >= 0.3 is 0 Å². The van der Waals surface area contributed by atoms with Crippen LogP contribution < -0.4 is 5.56 Å². The Morgan fingerprint density at radius 3 is 2.44 bits per heavy atom. The highest BCUT2D eigenvalue weighted by Gasteiger charge is 2.20. The highest BCUT2D eigenvalue weighted by atomic mass is 16.1. The maximum atomic E-state index is 13.2. The van der Waals surface area contributed by atoms with E-state index >= 15 is 0 Å². The van der Waals surface area contributed by atoms with Gasteiger partial charge in [-0.2, -0.15) is 0 Å². The molecule has 0 fully saturated rings. The number of H-pyrrole nitrogens is 1. The van der Waals surface area contributed by atoms with Gasteiger partial charge in [0.05, 0.1) is 13.1 Å². The van der Waals surface area contributed by atoms with Crippen LogP contribution in [0.3, 0.4) is 0 Å². The maximum absolute atomic E-state index is 13.2. The Hall–Kier alpha value is -3.74. The van der Waals surface area contributed by atoms with Crippen LogP contribution in [0.2, 0.25) is 0 Å². The van der Waals surface area contributed by atoms with Gasteiger partial charge in [-0.25, -0.2) is 9.78 Å². The van der Waals surface area contributed by atoms with Gasteiger partial charge in [0.2, 0.25) is 0 Å².